The Kier molecular flexibility index (Phi) is 7.69. The molecule has 2 aromatic rings. The van der Waals surface area contributed by atoms with E-state index in [2.05, 4.69) is 43.7 Å². The summed E-state index contributed by atoms with van der Waals surface area (Å²) < 4.78 is 11.8. The molecular formula is C17H22BrN3O2. The van der Waals surface area contributed by atoms with Crippen LogP contribution in [-0.2, 0) is 17.9 Å². The van der Waals surface area contributed by atoms with Gasteiger partial charge < -0.3 is 19.8 Å². The number of rotatable bonds is 8. The molecule has 0 atom stereocenters. The van der Waals surface area contributed by atoms with Gasteiger partial charge in [-0.15, -0.1) is 0 Å². The summed E-state index contributed by atoms with van der Waals surface area (Å²) in [5, 5.41) is 6.56. The number of guanidine groups is 1. The van der Waals surface area contributed by atoms with Crippen LogP contribution in [0.25, 0.3) is 0 Å². The fourth-order valence-electron chi connectivity index (χ4n) is 1.96. The smallest absolute Gasteiger partial charge is 0.191 e. The molecule has 2 N–H and O–H groups in total. The van der Waals surface area contributed by atoms with E-state index in [1.165, 1.54) is 5.56 Å². The quantitative estimate of drug-likeness (QED) is 0.419. The van der Waals surface area contributed by atoms with Gasteiger partial charge in [-0.25, -0.2) is 0 Å². The average Bonchev–Trinajstić information content (AvgIpc) is 3.08. The van der Waals surface area contributed by atoms with Crippen LogP contribution in [0.3, 0.4) is 0 Å². The molecule has 0 aliphatic heterocycles. The van der Waals surface area contributed by atoms with Gasteiger partial charge in [0.25, 0.3) is 0 Å². The monoisotopic (exact) mass is 379 g/mol. The van der Waals surface area contributed by atoms with E-state index in [-0.39, 0.29) is 0 Å². The Bertz CT molecular complexity index is 582. The summed E-state index contributed by atoms with van der Waals surface area (Å²) in [7, 11) is 1.77. The number of benzene rings is 1. The molecule has 0 radical (unpaired) electrons. The van der Waals surface area contributed by atoms with Crippen molar-refractivity contribution in [3.8, 4) is 0 Å². The van der Waals surface area contributed by atoms with Crippen LogP contribution < -0.4 is 10.6 Å². The molecule has 0 unspecified atom stereocenters. The number of ether oxygens (including phenoxy) is 1. The number of nitrogens with zero attached hydrogens (tertiary/aromatic N) is 1. The van der Waals surface area contributed by atoms with Crippen molar-refractivity contribution in [1.29, 1.82) is 0 Å². The highest BCUT2D eigenvalue weighted by molar-refractivity contribution is 9.10. The molecule has 1 aromatic carbocycles. The first-order chi connectivity index (χ1) is 11.3. The van der Waals surface area contributed by atoms with Crippen LogP contribution in [0.5, 0.6) is 0 Å². The van der Waals surface area contributed by atoms with Gasteiger partial charge in [0.2, 0.25) is 0 Å². The Balaban J connectivity index is 1.56. The minimum atomic E-state index is 0.517. The van der Waals surface area contributed by atoms with Crippen molar-refractivity contribution < 1.29 is 9.15 Å². The van der Waals surface area contributed by atoms with E-state index in [9.17, 15) is 0 Å². The molecule has 124 valence electrons. The van der Waals surface area contributed by atoms with Crippen molar-refractivity contribution in [3.63, 3.8) is 0 Å². The summed E-state index contributed by atoms with van der Waals surface area (Å²) in [6.07, 6.45) is 2.56. The zero-order valence-corrected chi connectivity index (χ0v) is 14.8. The van der Waals surface area contributed by atoms with E-state index < -0.39 is 0 Å². The molecule has 23 heavy (non-hydrogen) atoms. The summed E-state index contributed by atoms with van der Waals surface area (Å²) in [6, 6.07) is 12.0. The van der Waals surface area contributed by atoms with Gasteiger partial charge in [0.1, 0.15) is 12.4 Å². The first-order valence-corrected chi connectivity index (χ1v) is 8.36. The molecule has 2 rings (SSSR count). The van der Waals surface area contributed by atoms with Crippen molar-refractivity contribution in [2.75, 3.05) is 20.2 Å². The van der Waals surface area contributed by atoms with E-state index in [1.807, 2.05) is 24.3 Å². The number of hydrogen-bond acceptors (Lipinski definition) is 3. The Hall–Kier alpha value is -1.79. The van der Waals surface area contributed by atoms with Crippen molar-refractivity contribution >= 4 is 21.9 Å². The van der Waals surface area contributed by atoms with Gasteiger partial charge in [0.15, 0.2) is 5.96 Å². The third-order valence-corrected chi connectivity index (χ3v) is 3.71. The lowest BCUT2D eigenvalue weighted by Crippen LogP contribution is -2.37. The molecule has 5 nitrogen and oxygen atoms in total. The second-order valence-corrected chi connectivity index (χ2v) is 5.88. The van der Waals surface area contributed by atoms with Crippen LogP contribution in [0.2, 0.25) is 0 Å². The van der Waals surface area contributed by atoms with Gasteiger partial charge in [-0.05, 0) is 36.2 Å². The van der Waals surface area contributed by atoms with Crippen LogP contribution in [0.4, 0.5) is 0 Å². The maximum Gasteiger partial charge on any atom is 0.191 e. The van der Waals surface area contributed by atoms with Crippen molar-refractivity contribution in [2.24, 2.45) is 4.99 Å². The Morgan fingerprint density at radius 1 is 1.22 bits per heavy atom. The lowest BCUT2D eigenvalue weighted by atomic mass is 10.2. The average molecular weight is 380 g/mol. The van der Waals surface area contributed by atoms with Gasteiger partial charge >= 0.3 is 0 Å². The second kappa shape index (κ2) is 10.1. The largest absolute Gasteiger partial charge is 0.467 e. The van der Waals surface area contributed by atoms with Crippen molar-refractivity contribution in [2.45, 2.75) is 19.6 Å². The normalized spacial score (nSPS) is 11.5. The van der Waals surface area contributed by atoms with E-state index in [4.69, 9.17) is 9.15 Å². The molecule has 1 heterocycles. The molecule has 0 spiro atoms. The molecule has 0 saturated heterocycles. The van der Waals surface area contributed by atoms with E-state index in [0.29, 0.717) is 13.2 Å². The molecule has 0 aliphatic carbocycles. The maximum atomic E-state index is 5.54. The van der Waals surface area contributed by atoms with E-state index in [1.54, 1.807) is 13.3 Å². The second-order valence-electron chi connectivity index (χ2n) is 4.96. The van der Waals surface area contributed by atoms with Gasteiger partial charge in [0.05, 0.1) is 6.26 Å². The summed E-state index contributed by atoms with van der Waals surface area (Å²) in [4.78, 5) is 4.21. The fourth-order valence-corrected chi connectivity index (χ4v) is 2.22. The predicted octanol–water partition coefficient (Wildman–Crippen LogP) is 3.31. The molecule has 0 bridgehead atoms. The third kappa shape index (κ3) is 6.88. The van der Waals surface area contributed by atoms with Crippen LogP contribution in [-0.4, -0.2) is 26.2 Å². The summed E-state index contributed by atoms with van der Waals surface area (Å²) in [5.41, 5.74) is 1.21. The van der Waals surface area contributed by atoms with Crippen LogP contribution in [0.15, 0.2) is 56.5 Å². The lowest BCUT2D eigenvalue weighted by molar-refractivity contribution is 0.105. The number of hydrogen-bond donors (Lipinski definition) is 2. The number of halogens is 1. The fraction of sp³-hybridized carbons (Fsp3) is 0.353. The highest BCUT2D eigenvalue weighted by Crippen LogP contribution is 2.10. The standard InChI is InChI=1S/C17H22BrN3O2/c1-19-17(21-12-14-5-7-15(18)8-6-14)20-9-3-10-22-13-16-4-2-11-23-16/h2,4-8,11H,3,9-10,12-13H2,1H3,(H2,19,20,21). The third-order valence-electron chi connectivity index (χ3n) is 3.18. The SMILES string of the molecule is CN=C(NCCCOCc1ccco1)NCc1ccc(Br)cc1. The molecule has 0 fully saturated rings. The zero-order valence-electron chi connectivity index (χ0n) is 13.2. The first-order valence-electron chi connectivity index (χ1n) is 7.57. The van der Waals surface area contributed by atoms with E-state index >= 15 is 0 Å². The molecular weight excluding hydrogens is 358 g/mol. The first kappa shape index (κ1) is 17.6. The van der Waals surface area contributed by atoms with Crippen LogP contribution >= 0.6 is 15.9 Å². The molecule has 6 heteroatoms. The number of nitrogens with one attached hydrogen (secondary N) is 2. The topological polar surface area (TPSA) is 58.8 Å². The Labute approximate surface area is 145 Å². The van der Waals surface area contributed by atoms with Crippen LogP contribution in [0, 0.1) is 0 Å². The number of aliphatic imine (C=N–C) groups is 1. The highest BCUT2D eigenvalue weighted by atomic mass is 79.9. The molecule has 0 saturated carbocycles. The van der Waals surface area contributed by atoms with Gasteiger partial charge in [-0.3, -0.25) is 4.99 Å². The van der Waals surface area contributed by atoms with Gasteiger partial charge in [0, 0.05) is 31.2 Å². The van der Waals surface area contributed by atoms with Crippen molar-refractivity contribution in [3.05, 3.63) is 58.5 Å². The minimum Gasteiger partial charge on any atom is -0.467 e. The maximum absolute atomic E-state index is 5.54. The Morgan fingerprint density at radius 2 is 2.04 bits per heavy atom. The predicted molar refractivity (Wildman–Crippen MR) is 95.3 cm³/mol. The van der Waals surface area contributed by atoms with Gasteiger partial charge in [-0.1, -0.05) is 28.1 Å². The molecule has 1 aromatic heterocycles. The summed E-state index contributed by atoms with van der Waals surface area (Å²) >= 11 is 3.43. The molecule has 0 amide bonds. The van der Waals surface area contributed by atoms with Crippen molar-refractivity contribution in [1.82, 2.24) is 10.6 Å². The Morgan fingerprint density at radius 3 is 2.74 bits per heavy atom. The highest BCUT2D eigenvalue weighted by Gasteiger charge is 1.99. The number of furan rings is 1. The minimum absolute atomic E-state index is 0.517. The lowest BCUT2D eigenvalue weighted by Gasteiger charge is -2.12. The molecule has 0 aliphatic rings. The summed E-state index contributed by atoms with van der Waals surface area (Å²) in [5.74, 6) is 1.64. The van der Waals surface area contributed by atoms with Crippen LogP contribution in [0.1, 0.15) is 17.7 Å². The zero-order chi connectivity index (χ0) is 16.3. The van der Waals surface area contributed by atoms with E-state index in [0.717, 1.165) is 35.7 Å². The summed E-state index contributed by atoms with van der Waals surface area (Å²) in [6.45, 7) is 2.74. The van der Waals surface area contributed by atoms with Gasteiger partial charge in [-0.2, -0.15) is 0 Å².